The molecule has 0 saturated heterocycles. The van der Waals surface area contributed by atoms with Crippen LogP contribution in [-0.4, -0.2) is 30.3 Å². The lowest BCUT2D eigenvalue weighted by Crippen LogP contribution is -2.15. The Morgan fingerprint density at radius 1 is 1.20 bits per heavy atom. The van der Waals surface area contributed by atoms with Crippen LogP contribution in [0, 0.1) is 0 Å². The molecule has 1 heterocycles. The van der Waals surface area contributed by atoms with E-state index in [1.807, 2.05) is 6.07 Å². The van der Waals surface area contributed by atoms with Crippen molar-refractivity contribution in [2.75, 3.05) is 11.8 Å². The lowest BCUT2D eigenvalue weighted by molar-refractivity contribution is 0.403. The van der Waals surface area contributed by atoms with Gasteiger partial charge in [0.2, 0.25) is 0 Å². The summed E-state index contributed by atoms with van der Waals surface area (Å²) in [5, 5.41) is 7.89. The fraction of sp³-hybridized carbons (Fsp3) is 0.125. The van der Waals surface area contributed by atoms with Crippen LogP contribution in [0.3, 0.4) is 0 Å². The van der Waals surface area contributed by atoms with Crippen LogP contribution < -0.4 is 9.46 Å². The Balaban J connectivity index is 2.06. The summed E-state index contributed by atoms with van der Waals surface area (Å²) in [4.78, 5) is 0.0390. The Kier molecular flexibility index (Phi) is 4.78. The Morgan fingerprint density at radius 2 is 1.96 bits per heavy atom. The molecule has 1 aromatic heterocycles. The van der Waals surface area contributed by atoms with Crippen LogP contribution in [0.2, 0.25) is 0 Å². The Morgan fingerprint density at radius 3 is 2.64 bits per heavy atom. The van der Waals surface area contributed by atoms with Crippen molar-refractivity contribution in [2.45, 2.75) is 4.90 Å². The fourth-order valence-electron chi connectivity index (χ4n) is 2.35. The van der Waals surface area contributed by atoms with Gasteiger partial charge in [-0.25, -0.2) is 8.42 Å². The summed E-state index contributed by atoms with van der Waals surface area (Å²) in [6.07, 6.45) is 1.55. The number of aromatic nitrogens is 3. The van der Waals surface area contributed by atoms with Crippen molar-refractivity contribution in [3.8, 4) is 17.1 Å². The molecule has 0 atom stereocenters. The molecule has 0 bridgehead atoms. The molecule has 0 unspecified atom stereocenters. The third-order valence-electron chi connectivity index (χ3n) is 3.54. The highest BCUT2D eigenvalue weighted by Crippen LogP contribution is 2.32. The van der Waals surface area contributed by atoms with Crippen molar-refractivity contribution < 1.29 is 13.2 Å². The standard InChI is InChI=1S/C16H15BrN4O3S/c1-21-10-18-19-16(21)12-5-3-4-6-13(12)20-25(22,23)15-9-11(17)7-8-14(15)24-2/h3-10,20H,1-2H3. The highest BCUT2D eigenvalue weighted by molar-refractivity contribution is 9.10. The number of aryl methyl sites for hydroxylation is 1. The van der Waals surface area contributed by atoms with E-state index in [0.717, 1.165) is 0 Å². The quantitative estimate of drug-likeness (QED) is 0.682. The Hall–Kier alpha value is -2.39. The number of hydrogen-bond donors (Lipinski definition) is 1. The number of anilines is 1. The molecule has 0 aliphatic heterocycles. The number of nitrogens with one attached hydrogen (secondary N) is 1. The van der Waals surface area contributed by atoms with Gasteiger partial charge < -0.3 is 9.30 Å². The molecule has 0 aliphatic carbocycles. The van der Waals surface area contributed by atoms with E-state index in [1.54, 1.807) is 48.3 Å². The van der Waals surface area contributed by atoms with E-state index in [-0.39, 0.29) is 10.6 Å². The van der Waals surface area contributed by atoms with Gasteiger partial charge in [0.15, 0.2) is 5.82 Å². The van der Waals surface area contributed by atoms with Crippen LogP contribution in [0.25, 0.3) is 11.4 Å². The molecule has 3 aromatic rings. The van der Waals surface area contributed by atoms with Gasteiger partial charge in [-0.1, -0.05) is 28.1 Å². The lowest BCUT2D eigenvalue weighted by atomic mass is 10.2. The predicted octanol–water partition coefficient (Wildman–Crippen LogP) is 3.05. The molecule has 0 spiro atoms. The molecule has 0 fully saturated rings. The number of methoxy groups -OCH3 is 1. The average Bonchev–Trinajstić information content (AvgIpc) is 3.01. The molecule has 0 aliphatic rings. The van der Waals surface area contributed by atoms with E-state index < -0.39 is 10.0 Å². The van der Waals surface area contributed by atoms with Gasteiger partial charge in [0.1, 0.15) is 17.0 Å². The summed E-state index contributed by atoms with van der Waals surface area (Å²) in [6, 6.07) is 11.8. The molecular formula is C16H15BrN4O3S. The second kappa shape index (κ2) is 6.85. The van der Waals surface area contributed by atoms with Crippen molar-refractivity contribution in [2.24, 2.45) is 7.05 Å². The molecule has 130 valence electrons. The number of ether oxygens (including phenoxy) is 1. The summed E-state index contributed by atoms with van der Waals surface area (Å²) in [6.45, 7) is 0. The van der Waals surface area contributed by atoms with Crippen molar-refractivity contribution >= 4 is 31.6 Å². The number of rotatable bonds is 5. The number of hydrogen-bond acceptors (Lipinski definition) is 5. The van der Waals surface area contributed by atoms with Gasteiger partial charge in [-0.3, -0.25) is 4.72 Å². The van der Waals surface area contributed by atoms with Crippen LogP contribution >= 0.6 is 15.9 Å². The Labute approximate surface area is 153 Å². The van der Waals surface area contributed by atoms with Crippen LogP contribution in [0.15, 0.2) is 58.2 Å². The second-order valence-electron chi connectivity index (χ2n) is 5.21. The third kappa shape index (κ3) is 3.52. The van der Waals surface area contributed by atoms with Gasteiger partial charge in [-0.15, -0.1) is 10.2 Å². The predicted molar refractivity (Wildman–Crippen MR) is 97.9 cm³/mol. The van der Waals surface area contributed by atoms with Crippen LogP contribution in [0.4, 0.5) is 5.69 Å². The Bertz CT molecular complexity index is 1020. The van der Waals surface area contributed by atoms with Crippen molar-refractivity contribution in [1.29, 1.82) is 0 Å². The molecule has 1 N–H and O–H groups in total. The maximum atomic E-state index is 12.9. The molecule has 0 radical (unpaired) electrons. The van der Waals surface area contributed by atoms with Crippen LogP contribution in [0.5, 0.6) is 5.75 Å². The molecule has 7 nitrogen and oxygen atoms in total. The SMILES string of the molecule is COc1ccc(Br)cc1S(=O)(=O)Nc1ccccc1-c1nncn1C. The first-order valence-electron chi connectivity index (χ1n) is 7.22. The van der Waals surface area contributed by atoms with Gasteiger partial charge in [0.25, 0.3) is 10.0 Å². The third-order valence-corrected chi connectivity index (χ3v) is 5.42. The molecule has 0 amide bonds. The highest BCUT2D eigenvalue weighted by Gasteiger charge is 2.22. The zero-order chi connectivity index (χ0) is 18.0. The number of halogens is 1. The summed E-state index contributed by atoms with van der Waals surface area (Å²) in [7, 11) is -0.651. The van der Waals surface area contributed by atoms with Crippen molar-refractivity contribution in [1.82, 2.24) is 14.8 Å². The zero-order valence-electron chi connectivity index (χ0n) is 13.5. The van der Waals surface area contributed by atoms with Gasteiger partial charge in [0, 0.05) is 17.1 Å². The van der Waals surface area contributed by atoms with Crippen LogP contribution in [0.1, 0.15) is 0 Å². The molecule has 0 saturated carbocycles. The van der Waals surface area contributed by atoms with E-state index >= 15 is 0 Å². The van der Waals surface area contributed by atoms with E-state index in [2.05, 4.69) is 30.8 Å². The average molecular weight is 423 g/mol. The van der Waals surface area contributed by atoms with Crippen molar-refractivity contribution in [3.05, 3.63) is 53.3 Å². The smallest absolute Gasteiger partial charge is 0.265 e. The number of para-hydroxylation sites is 1. The first-order valence-corrected chi connectivity index (χ1v) is 9.50. The second-order valence-corrected chi connectivity index (χ2v) is 7.78. The lowest BCUT2D eigenvalue weighted by Gasteiger charge is -2.14. The van der Waals surface area contributed by atoms with Gasteiger partial charge in [-0.05, 0) is 30.3 Å². The molecule has 25 heavy (non-hydrogen) atoms. The zero-order valence-corrected chi connectivity index (χ0v) is 15.9. The maximum absolute atomic E-state index is 12.9. The maximum Gasteiger partial charge on any atom is 0.265 e. The van der Waals surface area contributed by atoms with E-state index in [0.29, 0.717) is 21.5 Å². The fourth-order valence-corrected chi connectivity index (χ4v) is 4.14. The largest absolute Gasteiger partial charge is 0.495 e. The minimum Gasteiger partial charge on any atom is -0.495 e. The molecular weight excluding hydrogens is 408 g/mol. The van der Waals surface area contributed by atoms with Gasteiger partial charge in [0.05, 0.1) is 12.8 Å². The summed E-state index contributed by atoms with van der Waals surface area (Å²) in [5.74, 6) is 0.811. The summed E-state index contributed by atoms with van der Waals surface area (Å²) in [5.41, 5.74) is 1.03. The topological polar surface area (TPSA) is 86.1 Å². The summed E-state index contributed by atoms with van der Waals surface area (Å²) >= 11 is 3.29. The first kappa shape index (κ1) is 17.4. The highest BCUT2D eigenvalue weighted by atomic mass is 79.9. The normalized spacial score (nSPS) is 11.3. The molecule has 9 heteroatoms. The molecule has 3 rings (SSSR count). The van der Waals surface area contributed by atoms with E-state index in [4.69, 9.17) is 4.74 Å². The van der Waals surface area contributed by atoms with E-state index in [9.17, 15) is 8.42 Å². The minimum absolute atomic E-state index is 0.0390. The number of nitrogens with zero attached hydrogens (tertiary/aromatic N) is 3. The van der Waals surface area contributed by atoms with Gasteiger partial charge >= 0.3 is 0 Å². The number of benzene rings is 2. The first-order chi connectivity index (χ1) is 11.9. The van der Waals surface area contributed by atoms with E-state index in [1.165, 1.54) is 13.2 Å². The monoisotopic (exact) mass is 422 g/mol. The summed E-state index contributed by atoms with van der Waals surface area (Å²) < 4.78 is 35.9. The van der Waals surface area contributed by atoms with Crippen LogP contribution in [-0.2, 0) is 17.1 Å². The minimum atomic E-state index is -3.87. The number of sulfonamides is 1. The van der Waals surface area contributed by atoms with Gasteiger partial charge in [-0.2, -0.15) is 0 Å². The van der Waals surface area contributed by atoms with Crippen molar-refractivity contribution in [3.63, 3.8) is 0 Å². The molecule has 2 aromatic carbocycles.